The highest BCUT2D eigenvalue weighted by atomic mass is 32.2. The molecule has 0 spiro atoms. The highest BCUT2D eigenvalue weighted by Crippen LogP contribution is 2.16. The van der Waals surface area contributed by atoms with Crippen LogP contribution in [0, 0.1) is 0 Å². The molecular weight excluding hydrogens is 382 g/mol. The van der Waals surface area contributed by atoms with Gasteiger partial charge in [-0.05, 0) is 42.2 Å². The van der Waals surface area contributed by atoms with Gasteiger partial charge < -0.3 is 15.1 Å². The van der Waals surface area contributed by atoms with Crippen molar-refractivity contribution in [2.75, 3.05) is 43.9 Å². The standard InChI is InChI=1S/C23H27N3O2S/c1-29-21-10-7-19(8-11-21)9-12-22(27)24-14-13-23(28)26-17-15-25(16-18-26)20-5-3-2-4-6-20/h2-12H,13-18H2,1H3,(H,24,27)/b12-9+. The molecule has 29 heavy (non-hydrogen) atoms. The van der Waals surface area contributed by atoms with Crippen LogP contribution in [0.2, 0.25) is 0 Å². The molecule has 0 aliphatic carbocycles. The van der Waals surface area contributed by atoms with Crippen LogP contribution in [0.4, 0.5) is 5.69 Å². The molecule has 2 amide bonds. The van der Waals surface area contributed by atoms with Gasteiger partial charge in [0, 0.05) is 55.8 Å². The van der Waals surface area contributed by atoms with Crippen molar-refractivity contribution in [3.8, 4) is 0 Å². The van der Waals surface area contributed by atoms with E-state index in [0.717, 1.165) is 18.7 Å². The third-order valence-corrected chi connectivity index (χ3v) is 5.68. The normalized spacial score (nSPS) is 14.2. The lowest BCUT2D eigenvalue weighted by Gasteiger charge is -2.36. The molecule has 1 fully saturated rings. The molecule has 0 saturated carbocycles. The average molecular weight is 410 g/mol. The largest absolute Gasteiger partial charge is 0.368 e. The molecule has 0 radical (unpaired) electrons. The second kappa shape index (κ2) is 10.7. The van der Waals surface area contributed by atoms with E-state index in [2.05, 4.69) is 22.3 Å². The lowest BCUT2D eigenvalue weighted by Crippen LogP contribution is -2.49. The Hall–Kier alpha value is -2.73. The number of anilines is 1. The van der Waals surface area contributed by atoms with Gasteiger partial charge in [-0.25, -0.2) is 0 Å². The Labute approximate surface area is 176 Å². The molecule has 152 valence electrons. The molecule has 0 aromatic heterocycles. The van der Waals surface area contributed by atoms with E-state index in [9.17, 15) is 9.59 Å². The number of hydrogen-bond acceptors (Lipinski definition) is 4. The minimum atomic E-state index is -0.180. The van der Waals surface area contributed by atoms with Gasteiger partial charge in [-0.2, -0.15) is 0 Å². The number of piperazine rings is 1. The zero-order chi connectivity index (χ0) is 20.5. The monoisotopic (exact) mass is 409 g/mol. The van der Waals surface area contributed by atoms with Crippen molar-refractivity contribution < 1.29 is 9.59 Å². The van der Waals surface area contributed by atoms with E-state index in [1.54, 1.807) is 17.8 Å². The first-order chi connectivity index (χ1) is 14.2. The number of carbonyl (C=O) groups excluding carboxylic acids is 2. The number of amides is 2. The zero-order valence-corrected chi connectivity index (χ0v) is 17.5. The second-order valence-corrected chi connectivity index (χ2v) is 7.73. The van der Waals surface area contributed by atoms with Gasteiger partial charge in [-0.3, -0.25) is 9.59 Å². The maximum atomic E-state index is 12.4. The summed E-state index contributed by atoms with van der Waals surface area (Å²) in [4.78, 5) is 29.7. The summed E-state index contributed by atoms with van der Waals surface area (Å²) >= 11 is 1.68. The summed E-state index contributed by atoms with van der Waals surface area (Å²) in [6.07, 6.45) is 5.65. The summed E-state index contributed by atoms with van der Waals surface area (Å²) in [5.41, 5.74) is 2.17. The van der Waals surface area contributed by atoms with E-state index in [1.165, 1.54) is 16.7 Å². The number of para-hydroxylation sites is 1. The molecule has 3 rings (SSSR count). The third kappa shape index (κ3) is 6.39. The van der Waals surface area contributed by atoms with E-state index < -0.39 is 0 Å². The third-order valence-electron chi connectivity index (χ3n) is 4.93. The Kier molecular flexibility index (Phi) is 7.76. The Bertz CT molecular complexity index is 829. The Morgan fingerprint density at radius 3 is 2.34 bits per heavy atom. The topological polar surface area (TPSA) is 52.7 Å². The number of benzene rings is 2. The predicted molar refractivity (Wildman–Crippen MR) is 120 cm³/mol. The molecule has 6 heteroatoms. The zero-order valence-electron chi connectivity index (χ0n) is 16.7. The van der Waals surface area contributed by atoms with E-state index in [1.807, 2.05) is 53.6 Å². The molecule has 2 aromatic rings. The molecule has 0 unspecified atom stereocenters. The van der Waals surface area contributed by atoms with E-state index in [-0.39, 0.29) is 11.8 Å². The Morgan fingerprint density at radius 2 is 1.69 bits per heavy atom. The van der Waals surface area contributed by atoms with Crippen LogP contribution in [-0.4, -0.2) is 55.7 Å². The van der Waals surface area contributed by atoms with E-state index in [0.29, 0.717) is 26.1 Å². The van der Waals surface area contributed by atoms with Gasteiger partial charge in [0.25, 0.3) is 0 Å². The summed E-state index contributed by atoms with van der Waals surface area (Å²) in [5.74, 6) is -0.0877. The maximum Gasteiger partial charge on any atom is 0.244 e. The van der Waals surface area contributed by atoms with Gasteiger partial charge in [0.2, 0.25) is 11.8 Å². The highest BCUT2D eigenvalue weighted by Gasteiger charge is 2.20. The molecule has 1 aliphatic heterocycles. The number of rotatable bonds is 7. The average Bonchev–Trinajstić information content (AvgIpc) is 2.78. The summed E-state index contributed by atoms with van der Waals surface area (Å²) in [5, 5.41) is 2.79. The Morgan fingerprint density at radius 1 is 1.00 bits per heavy atom. The number of thioether (sulfide) groups is 1. The molecular formula is C23H27N3O2S. The van der Waals surface area contributed by atoms with Gasteiger partial charge in [-0.15, -0.1) is 11.8 Å². The number of hydrogen-bond donors (Lipinski definition) is 1. The van der Waals surface area contributed by atoms with Crippen molar-refractivity contribution in [3.05, 3.63) is 66.2 Å². The van der Waals surface area contributed by atoms with E-state index >= 15 is 0 Å². The van der Waals surface area contributed by atoms with Crippen molar-refractivity contribution in [1.29, 1.82) is 0 Å². The quantitative estimate of drug-likeness (QED) is 0.563. The van der Waals surface area contributed by atoms with Crippen LogP contribution >= 0.6 is 11.8 Å². The fraction of sp³-hybridized carbons (Fsp3) is 0.304. The van der Waals surface area contributed by atoms with Crippen molar-refractivity contribution in [3.63, 3.8) is 0 Å². The van der Waals surface area contributed by atoms with Crippen molar-refractivity contribution in [1.82, 2.24) is 10.2 Å². The van der Waals surface area contributed by atoms with Crippen LogP contribution < -0.4 is 10.2 Å². The first-order valence-electron chi connectivity index (χ1n) is 9.83. The van der Waals surface area contributed by atoms with Crippen LogP contribution in [0.1, 0.15) is 12.0 Å². The fourth-order valence-corrected chi connectivity index (χ4v) is 3.66. The summed E-state index contributed by atoms with van der Waals surface area (Å²) in [6.45, 7) is 3.45. The van der Waals surface area contributed by atoms with Crippen molar-refractivity contribution in [2.24, 2.45) is 0 Å². The molecule has 2 aromatic carbocycles. The van der Waals surface area contributed by atoms with Crippen LogP contribution in [0.25, 0.3) is 6.08 Å². The number of nitrogens with zero attached hydrogens (tertiary/aromatic N) is 2. The smallest absolute Gasteiger partial charge is 0.244 e. The first kappa shape index (κ1) is 21.0. The van der Waals surface area contributed by atoms with Gasteiger partial charge >= 0.3 is 0 Å². The van der Waals surface area contributed by atoms with Crippen molar-refractivity contribution in [2.45, 2.75) is 11.3 Å². The minimum Gasteiger partial charge on any atom is -0.368 e. The van der Waals surface area contributed by atoms with Crippen LogP contribution in [0.15, 0.2) is 65.6 Å². The molecule has 0 bridgehead atoms. The molecule has 1 aliphatic rings. The van der Waals surface area contributed by atoms with Gasteiger partial charge in [0.1, 0.15) is 0 Å². The summed E-state index contributed by atoms with van der Waals surface area (Å²) < 4.78 is 0. The van der Waals surface area contributed by atoms with Crippen LogP contribution in [0.3, 0.4) is 0 Å². The molecule has 1 heterocycles. The minimum absolute atomic E-state index is 0.0923. The Balaban J connectivity index is 1.36. The lowest BCUT2D eigenvalue weighted by atomic mass is 10.2. The first-order valence-corrected chi connectivity index (χ1v) is 11.1. The maximum absolute atomic E-state index is 12.4. The lowest BCUT2D eigenvalue weighted by molar-refractivity contribution is -0.131. The predicted octanol–water partition coefficient (Wildman–Crippen LogP) is 3.28. The van der Waals surface area contributed by atoms with Crippen LogP contribution in [-0.2, 0) is 9.59 Å². The summed E-state index contributed by atoms with van der Waals surface area (Å²) in [6, 6.07) is 18.3. The highest BCUT2D eigenvalue weighted by molar-refractivity contribution is 7.98. The van der Waals surface area contributed by atoms with Crippen LogP contribution in [0.5, 0.6) is 0 Å². The second-order valence-electron chi connectivity index (χ2n) is 6.85. The fourth-order valence-electron chi connectivity index (χ4n) is 3.25. The van der Waals surface area contributed by atoms with E-state index in [4.69, 9.17) is 0 Å². The molecule has 0 atom stereocenters. The number of carbonyl (C=O) groups is 2. The van der Waals surface area contributed by atoms with Gasteiger partial charge in [0.05, 0.1) is 0 Å². The number of nitrogens with one attached hydrogen (secondary N) is 1. The van der Waals surface area contributed by atoms with Gasteiger partial charge in [0.15, 0.2) is 0 Å². The summed E-state index contributed by atoms with van der Waals surface area (Å²) in [7, 11) is 0. The molecule has 5 nitrogen and oxygen atoms in total. The van der Waals surface area contributed by atoms with Gasteiger partial charge in [-0.1, -0.05) is 30.3 Å². The molecule has 1 N–H and O–H groups in total. The molecule has 1 saturated heterocycles. The SMILES string of the molecule is CSc1ccc(/C=C/C(=O)NCCC(=O)N2CCN(c3ccccc3)CC2)cc1. The van der Waals surface area contributed by atoms with Crippen molar-refractivity contribution >= 4 is 35.3 Å².